The number of carbonyl (C=O) groups excluding carboxylic acids is 2. The number of aryl methyl sites for hydroxylation is 1. The minimum absolute atomic E-state index is 0.0416. The third kappa shape index (κ3) is 9.58. The summed E-state index contributed by atoms with van der Waals surface area (Å²) in [5, 5.41) is 2.03. The molecule has 0 aliphatic carbocycles. The van der Waals surface area contributed by atoms with E-state index < -0.39 is 0 Å². The van der Waals surface area contributed by atoms with Crippen LogP contribution >= 0.6 is 11.3 Å². The predicted molar refractivity (Wildman–Crippen MR) is 162 cm³/mol. The van der Waals surface area contributed by atoms with Crippen molar-refractivity contribution in [3.05, 3.63) is 93.7 Å². The Bertz CT molecular complexity index is 1150. The monoisotopic (exact) mass is 561 g/mol. The summed E-state index contributed by atoms with van der Waals surface area (Å²) >= 11 is 1.65. The molecule has 2 aromatic carbocycles. The largest absolute Gasteiger partial charge is 0.379 e. The lowest BCUT2D eigenvalue weighted by Gasteiger charge is -2.31. The van der Waals surface area contributed by atoms with Gasteiger partial charge in [-0.25, -0.2) is 0 Å². The highest BCUT2D eigenvalue weighted by Gasteiger charge is 2.24. The number of hydrogen-bond acceptors (Lipinski definition) is 5. The Labute approximate surface area is 243 Å². The fraction of sp³-hybridized carbons (Fsp3) is 0.455. The number of unbranched alkanes of at least 4 members (excludes halogenated alkanes) is 3. The van der Waals surface area contributed by atoms with Crippen LogP contribution in [-0.4, -0.2) is 72.5 Å². The number of carbonyl (C=O) groups is 2. The van der Waals surface area contributed by atoms with E-state index in [0.29, 0.717) is 38.4 Å². The van der Waals surface area contributed by atoms with E-state index in [0.717, 1.165) is 36.5 Å². The molecule has 0 atom stereocenters. The zero-order valence-corrected chi connectivity index (χ0v) is 24.6. The minimum Gasteiger partial charge on any atom is -0.379 e. The number of amides is 2. The molecule has 4 rings (SSSR count). The number of morpholine rings is 1. The Kier molecular flexibility index (Phi) is 12.2. The highest BCUT2D eigenvalue weighted by atomic mass is 32.1. The van der Waals surface area contributed by atoms with E-state index in [1.807, 2.05) is 58.8 Å². The second kappa shape index (κ2) is 16.3. The lowest BCUT2D eigenvalue weighted by molar-refractivity contribution is -0.133. The van der Waals surface area contributed by atoms with E-state index in [2.05, 4.69) is 30.0 Å². The molecule has 1 aliphatic heterocycles. The standard InChI is InChI=1S/C33H43N3O3S/c1-2-3-4-6-10-28-14-16-30(17-15-28)33(38)35(19-18-34-20-22-39-23-21-34)27-32(37)36(26-31-13-9-24-40-31)25-29-11-7-5-8-12-29/h5,7-9,11-17,24H,2-4,6,10,18-23,25-27H2,1H3. The number of thiophene rings is 1. The second-order valence-electron chi connectivity index (χ2n) is 10.5. The molecule has 0 spiro atoms. The van der Waals surface area contributed by atoms with Crippen molar-refractivity contribution in [2.45, 2.75) is 52.1 Å². The van der Waals surface area contributed by atoms with Gasteiger partial charge in [0, 0.05) is 43.2 Å². The maximum atomic E-state index is 13.8. The normalized spacial score (nSPS) is 13.7. The Morgan fingerprint density at radius 1 is 0.850 bits per heavy atom. The average Bonchev–Trinajstić information content (AvgIpc) is 3.51. The highest BCUT2D eigenvalue weighted by Crippen LogP contribution is 2.17. The van der Waals surface area contributed by atoms with E-state index in [9.17, 15) is 9.59 Å². The van der Waals surface area contributed by atoms with Gasteiger partial charge in [-0.05, 0) is 47.5 Å². The quantitative estimate of drug-likeness (QED) is 0.218. The molecule has 2 amide bonds. The summed E-state index contributed by atoms with van der Waals surface area (Å²) in [6.07, 6.45) is 5.92. The number of nitrogens with zero attached hydrogens (tertiary/aromatic N) is 3. The lowest BCUT2D eigenvalue weighted by atomic mass is 10.0. The van der Waals surface area contributed by atoms with Crippen LogP contribution in [-0.2, 0) is 29.0 Å². The summed E-state index contributed by atoms with van der Waals surface area (Å²) in [6, 6.07) is 22.1. The maximum absolute atomic E-state index is 13.8. The second-order valence-corrected chi connectivity index (χ2v) is 11.5. The van der Waals surface area contributed by atoms with Crippen LogP contribution in [0.1, 0.15) is 59.0 Å². The zero-order valence-electron chi connectivity index (χ0n) is 23.8. The first-order valence-corrected chi connectivity index (χ1v) is 15.5. The molecule has 0 radical (unpaired) electrons. The molecule has 6 nitrogen and oxygen atoms in total. The molecule has 0 unspecified atom stereocenters. The topological polar surface area (TPSA) is 53.1 Å². The fourth-order valence-corrected chi connectivity index (χ4v) is 5.70. The molecule has 1 fully saturated rings. The number of ether oxygens (including phenoxy) is 1. The summed E-state index contributed by atoms with van der Waals surface area (Å²) < 4.78 is 5.50. The average molecular weight is 562 g/mol. The van der Waals surface area contributed by atoms with Gasteiger partial charge in [-0.3, -0.25) is 14.5 Å². The Balaban J connectivity index is 1.47. The van der Waals surface area contributed by atoms with Gasteiger partial charge in [-0.1, -0.05) is 74.7 Å². The van der Waals surface area contributed by atoms with Crippen molar-refractivity contribution in [1.29, 1.82) is 0 Å². The lowest BCUT2D eigenvalue weighted by Crippen LogP contribution is -2.47. The third-order valence-electron chi connectivity index (χ3n) is 7.42. The number of rotatable bonds is 15. The Hall–Kier alpha value is -3.00. The van der Waals surface area contributed by atoms with E-state index >= 15 is 0 Å². The smallest absolute Gasteiger partial charge is 0.254 e. The highest BCUT2D eigenvalue weighted by molar-refractivity contribution is 7.09. The van der Waals surface area contributed by atoms with Crippen molar-refractivity contribution in [3.8, 4) is 0 Å². The van der Waals surface area contributed by atoms with Crippen molar-refractivity contribution >= 4 is 23.2 Å². The Morgan fingerprint density at radius 2 is 1.62 bits per heavy atom. The van der Waals surface area contributed by atoms with Gasteiger partial charge in [0.05, 0.1) is 19.8 Å². The first-order valence-electron chi connectivity index (χ1n) is 14.6. The van der Waals surface area contributed by atoms with Crippen LogP contribution in [0.15, 0.2) is 72.1 Å². The minimum atomic E-state index is -0.0880. The molecule has 1 aromatic heterocycles. The first-order chi connectivity index (χ1) is 19.6. The molecule has 7 heteroatoms. The molecule has 3 aromatic rings. The summed E-state index contributed by atoms with van der Waals surface area (Å²) in [5.41, 5.74) is 2.97. The molecule has 40 heavy (non-hydrogen) atoms. The molecule has 1 aliphatic rings. The summed E-state index contributed by atoms with van der Waals surface area (Å²) in [6.45, 7) is 7.65. The van der Waals surface area contributed by atoms with Crippen LogP contribution in [0.5, 0.6) is 0 Å². The van der Waals surface area contributed by atoms with Crippen molar-refractivity contribution in [1.82, 2.24) is 14.7 Å². The van der Waals surface area contributed by atoms with E-state index in [4.69, 9.17) is 4.74 Å². The van der Waals surface area contributed by atoms with E-state index in [-0.39, 0.29) is 18.4 Å². The van der Waals surface area contributed by atoms with Crippen molar-refractivity contribution < 1.29 is 14.3 Å². The zero-order chi connectivity index (χ0) is 28.0. The van der Waals surface area contributed by atoms with Crippen LogP contribution in [0, 0.1) is 0 Å². The van der Waals surface area contributed by atoms with E-state index in [1.54, 1.807) is 16.2 Å². The molecule has 214 valence electrons. The predicted octanol–water partition coefficient (Wildman–Crippen LogP) is 5.87. The van der Waals surface area contributed by atoms with Gasteiger partial charge in [-0.2, -0.15) is 0 Å². The SMILES string of the molecule is CCCCCCc1ccc(C(=O)N(CCN2CCOCC2)CC(=O)N(Cc2ccccc2)Cc2cccs2)cc1. The van der Waals surface area contributed by atoms with Gasteiger partial charge in [-0.15, -0.1) is 11.3 Å². The van der Waals surface area contributed by atoms with Gasteiger partial charge >= 0.3 is 0 Å². The van der Waals surface area contributed by atoms with Gasteiger partial charge in [0.1, 0.15) is 6.54 Å². The van der Waals surface area contributed by atoms with Crippen LogP contribution in [0.4, 0.5) is 0 Å². The summed E-state index contributed by atoms with van der Waals surface area (Å²) in [7, 11) is 0. The molecular weight excluding hydrogens is 518 g/mol. The molecule has 0 N–H and O–H groups in total. The van der Waals surface area contributed by atoms with Crippen molar-refractivity contribution in [2.75, 3.05) is 45.9 Å². The van der Waals surface area contributed by atoms with Crippen LogP contribution in [0.2, 0.25) is 0 Å². The van der Waals surface area contributed by atoms with Gasteiger partial charge in [0.25, 0.3) is 5.91 Å². The van der Waals surface area contributed by atoms with Gasteiger partial charge in [0.2, 0.25) is 5.91 Å². The van der Waals surface area contributed by atoms with Crippen molar-refractivity contribution in [2.24, 2.45) is 0 Å². The fourth-order valence-electron chi connectivity index (χ4n) is 4.98. The molecule has 0 bridgehead atoms. The van der Waals surface area contributed by atoms with Crippen LogP contribution in [0.25, 0.3) is 0 Å². The molecule has 1 saturated heterocycles. The first kappa shape index (κ1) is 30.0. The van der Waals surface area contributed by atoms with Gasteiger partial charge < -0.3 is 14.5 Å². The Morgan fingerprint density at radius 3 is 2.33 bits per heavy atom. The molecule has 0 saturated carbocycles. The number of benzene rings is 2. The summed E-state index contributed by atoms with van der Waals surface area (Å²) in [5.74, 6) is -0.130. The molecule has 2 heterocycles. The maximum Gasteiger partial charge on any atom is 0.254 e. The number of hydrogen-bond donors (Lipinski definition) is 0. The van der Waals surface area contributed by atoms with Crippen LogP contribution < -0.4 is 0 Å². The summed E-state index contributed by atoms with van der Waals surface area (Å²) in [4.78, 5) is 34.6. The van der Waals surface area contributed by atoms with Crippen molar-refractivity contribution in [3.63, 3.8) is 0 Å². The third-order valence-corrected chi connectivity index (χ3v) is 8.28. The van der Waals surface area contributed by atoms with Gasteiger partial charge in [0.15, 0.2) is 0 Å². The van der Waals surface area contributed by atoms with E-state index in [1.165, 1.54) is 31.2 Å². The molecular formula is C33H43N3O3S. The van der Waals surface area contributed by atoms with Crippen LogP contribution in [0.3, 0.4) is 0 Å².